The number of nitriles is 1. The second-order valence-electron chi connectivity index (χ2n) is 1.45. The van der Waals surface area contributed by atoms with E-state index in [0.29, 0.717) is 12.1 Å². The number of hydrogen-bond donors (Lipinski definition) is 0. The third-order valence-electron chi connectivity index (χ3n) is 0.911. The lowest BCUT2D eigenvalue weighted by Gasteiger charge is -1.92. The Morgan fingerprint density at radius 3 is 3.00 bits per heavy atom. The second kappa shape index (κ2) is 3.65. The molecule has 0 bridgehead atoms. The van der Waals surface area contributed by atoms with E-state index < -0.39 is 0 Å². The molecule has 0 aliphatic heterocycles. The molecule has 0 radical (unpaired) electrons. The van der Waals surface area contributed by atoms with Crippen molar-refractivity contribution in [3.8, 4) is 6.07 Å². The lowest BCUT2D eigenvalue weighted by atomic mass is 10.5. The maximum Gasteiger partial charge on any atom is 0.157 e. The molecule has 0 amide bonds. The Morgan fingerprint density at radius 1 is 1.90 bits per heavy atom. The van der Waals surface area contributed by atoms with Crippen LogP contribution in [0.3, 0.4) is 0 Å². The van der Waals surface area contributed by atoms with Gasteiger partial charge < -0.3 is 0 Å². The predicted molar refractivity (Wildman–Crippen MR) is 52.4 cm³/mol. The highest BCUT2D eigenvalue weighted by Crippen LogP contribution is 2.27. The predicted octanol–water partition coefficient (Wildman–Crippen LogP) is 2.31. The standard InChI is InChI=1S/C4H2BrIN3P/c5-3-2-8-9(10-6)4(3)1-7/h2,10H. The van der Waals surface area contributed by atoms with E-state index in [4.69, 9.17) is 5.26 Å². The summed E-state index contributed by atoms with van der Waals surface area (Å²) in [5.41, 5.74) is 0.590. The molecule has 0 saturated heterocycles. The molecule has 1 atom stereocenters. The Balaban J connectivity index is 3.17. The molecule has 6 heteroatoms. The zero-order valence-corrected chi connectivity index (χ0v) is 9.42. The van der Waals surface area contributed by atoms with E-state index in [9.17, 15) is 0 Å². The molecule has 1 unspecified atom stereocenters. The molecular weight excluding hydrogens is 328 g/mol. The molecule has 0 fully saturated rings. The lowest BCUT2D eigenvalue weighted by Crippen LogP contribution is -1.86. The fourth-order valence-electron chi connectivity index (χ4n) is 0.493. The molecule has 0 saturated carbocycles. The summed E-state index contributed by atoms with van der Waals surface area (Å²) in [6.07, 6.45) is 2.11. The van der Waals surface area contributed by atoms with Gasteiger partial charge in [0.05, 0.1) is 17.0 Å². The quantitative estimate of drug-likeness (QED) is 0.586. The van der Waals surface area contributed by atoms with E-state index in [1.807, 2.05) is 0 Å². The van der Waals surface area contributed by atoms with Gasteiger partial charge in [-0.15, -0.1) is 0 Å². The Kier molecular flexibility index (Phi) is 3.08. The van der Waals surface area contributed by atoms with Crippen molar-refractivity contribution in [3.05, 3.63) is 16.4 Å². The highest BCUT2D eigenvalue weighted by atomic mass is 127. The molecule has 1 aromatic heterocycles. The Hall–Kier alpha value is 0.340. The van der Waals surface area contributed by atoms with Crippen molar-refractivity contribution in [1.82, 2.24) is 9.55 Å². The van der Waals surface area contributed by atoms with Crippen LogP contribution in [-0.2, 0) is 0 Å². The van der Waals surface area contributed by atoms with Gasteiger partial charge >= 0.3 is 0 Å². The minimum absolute atomic E-state index is 0.480. The first kappa shape index (κ1) is 8.44. The monoisotopic (exact) mass is 329 g/mol. The van der Waals surface area contributed by atoms with Gasteiger partial charge in [-0.1, -0.05) is 0 Å². The zero-order valence-electron chi connectivity index (χ0n) is 4.67. The Labute approximate surface area is 81.2 Å². The van der Waals surface area contributed by atoms with Crippen LogP contribution in [0.2, 0.25) is 0 Å². The lowest BCUT2D eigenvalue weighted by molar-refractivity contribution is 0.993. The van der Waals surface area contributed by atoms with Crippen molar-refractivity contribution < 1.29 is 0 Å². The van der Waals surface area contributed by atoms with E-state index in [1.165, 1.54) is 0 Å². The molecule has 0 spiro atoms. The Bertz CT molecular complexity index is 279. The van der Waals surface area contributed by atoms with E-state index in [2.05, 4.69) is 49.1 Å². The summed E-state index contributed by atoms with van der Waals surface area (Å²) in [5, 5.41) is 12.5. The van der Waals surface area contributed by atoms with Gasteiger partial charge in [0, 0.05) is 0 Å². The minimum atomic E-state index is 0.480. The molecule has 52 valence electrons. The molecule has 0 aromatic carbocycles. The average Bonchev–Trinajstić information content (AvgIpc) is 2.30. The van der Waals surface area contributed by atoms with Gasteiger partial charge in [0.15, 0.2) is 5.69 Å². The average molecular weight is 330 g/mol. The highest BCUT2D eigenvalue weighted by Gasteiger charge is 2.04. The SMILES string of the molecule is N#Cc1c(Br)cnn1PI. The molecule has 0 aliphatic carbocycles. The number of rotatable bonds is 1. The van der Waals surface area contributed by atoms with Crippen LogP contribution in [0.4, 0.5) is 0 Å². The van der Waals surface area contributed by atoms with E-state index in [-0.39, 0.29) is 0 Å². The van der Waals surface area contributed by atoms with Gasteiger partial charge in [-0.2, -0.15) is 10.4 Å². The molecule has 0 aliphatic rings. The molecule has 1 rings (SSSR count). The number of aromatic nitrogens is 2. The minimum Gasteiger partial charge on any atom is -0.226 e. The third-order valence-corrected chi connectivity index (χ3v) is 3.36. The molecule has 3 nitrogen and oxygen atoms in total. The van der Waals surface area contributed by atoms with Crippen LogP contribution in [0.5, 0.6) is 0 Å². The first-order chi connectivity index (χ1) is 4.79. The van der Waals surface area contributed by atoms with Gasteiger partial charge in [-0.25, -0.2) is 4.45 Å². The van der Waals surface area contributed by atoms with Gasteiger partial charge in [-0.05, 0) is 38.0 Å². The van der Waals surface area contributed by atoms with Crippen LogP contribution >= 0.6 is 44.3 Å². The fourth-order valence-corrected chi connectivity index (χ4v) is 2.46. The van der Waals surface area contributed by atoms with Gasteiger partial charge in [0.1, 0.15) is 6.07 Å². The smallest absolute Gasteiger partial charge is 0.157 e. The van der Waals surface area contributed by atoms with Crippen molar-refractivity contribution in [3.63, 3.8) is 0 Å². The largest absolute Gasteiger partial charge is 0.226 e. The topological polar surface area (TPSA) is 41.6 Å². The molecule has 1 heterocycles. The molecule has 1 aromatic rings. The van der Waals surface area contributed by atoms with Crippen molar-refractivity contribution in [2.24, 2.45) is 0 Å². The summed E-state index contributed by atoms with van der Waals surface area (Å²) >= 11 is 5.39. The zero-order chi connectivity index (χ0) is 7.56. The highest BCUT2D eigenvalue weighted by molar-refractivity contribution is 14.2. The summed E-state index contributed by atoms with van der Waals surface area (Å²) in [7, 11) is 0. The van der Waals surface area contributed by atoms with Gasteiger partial charge in [-0.3, -0.25) is 0 Å². The summed E-state index contributed by atoms with van der Waals surface area (Å²) < 4.78 is 2.42. The van der Waals surface area contributed by atoms with Gasteiger partial charge in [0.2, 0.25) is 0 Å². The normalized spacial score (nSPS) is 10.5. The van der Waals surface area contributed by atoms with Crippen LogP contribution in [0.1, 0.15) is 5.69 Å². The fraction of sp³-hybridized carbons (Fsp3) is 0. The van der Waals surface area contributed by atoms with E-state index in [1.54, 1.807) is 10.6 Å². The molecule has 10 heavy (non-hydrogen) atoms. The Morgan fingerprint density at radius 2 is 2.60 bits per heavy atom. The van der Waals surface area contributed by atoms with E-state index in [0.717, 1.165) is 4.47 Å². The number of halogens is 2. The third kappa shape index (κ3) is 1.49. The first-order valence-corrected chi connectivity index (χ1v) is 7.15. The van der Waals surface area contributed by atoms with E-state index >= 15 is 0 Å². The first-order valence-electron chi connectivity index (χ1n) is 2.30. The van der Waals surface area contributed by atoms with Crippen LogP contribution in [-0.4, -0.2) is 9.55 Å². The maximum absolute atomic E-state index is 8.58. The van der Waals surface area contributed by atoms with Crippen molar-refractivity contribution in [1.29, 1.82) is 5.26 Å². The van der Waals surface area contributed by atoms with Crippen LogP contribution in [0.25, 0.3) is 0 Å². The van der Waals surface area contributed by atoms with Crippen molar-refractivity contribution in [2.75, 3.05) is 0 Å². The number of nitrogens with zero attached hydrogens (tertiary/aromatic N) is 3. The molecule has 0 N–H and O–H groups in total. The van der Waals surface area contributed by atoms with Crippen LogP contribution < -0.4 is 0 Å². The summed E-state index contributed by atoms with van der Waals surface area (Å²) in [6, 6.07) is 2.05. The van der Waals surface area contributed by atoms with Crippen molar-refractivity contribution >= 4 is 44.3 Å². The summed E-state index contributed by atoms with van der Waals surface area (Å²) in [6.45, 7) is 0. The second-order valence-corrected chi connectivity index (χ2v) is 4.34. The van der Waals surface area contributed by atoms with Crippen LogP contribution in [0, 0.1) is 11.3 Å². The summed E-state index contributed by atoms with van der Waals surface area (Å²) in [4.78, 5) is 0. The van der Waals surface area contributed by atoms with Gasteiger partial charge in [0.25, 0.3) is 0 Å². The molecular formula is C4H2BrIN3P. The maximum atomic E-state index is 8.58. The van der Waals surface area contributed by atoms with Crippen LogP contribution in [0.15, 0.2) is 10.7 Å². The number of hydrogen-bond acceptors (Lipinski definition) is 2. The summed E-state index contributed by atoms with van der Waals surface area (Å²) in [5.74, 6) is 0. The van der Waals surface area contributed by atoms with Crippen molar-refractivity contribution in [2.45, 2.75) is 0 Å².